The van der Waals surface area contributed by atoms with Crippen LogP contribution in [-0.2, 0) is 24.6 Å². The fraction of sp³-hybridized carbons (Fsp3) is 0.594. The molecule has 2 bridgehead atoms. The van der Waals surface area contributed by atoms with Gasteiger partial charge < -0.3 is 37.9 Å². The molecule has 3 fully saturated rings. The lowest BCUT2D eigenvalue weighted by Crippen LogP contribution is -2.41. The SMILES string of the molecule is COc1cc([C@]23O[C@H](c4cc5c(cc42)OCO5)[C@H]2[C@H](O[C@@H]4C[C@H](C)CC[C@H]4C(C)C)OC(=O)[C@H]23)cc(OC)c1OC. The van der Waals surface area contributed by atoms with Crippen molar-refractivity contribution in [1.29, 1.82) is 0 Å². The van der Waals surface area contributed by atoms with E-state index in [9.17, 15) is 4.79 Å². The molecule has 41 heavy (non-hydrogen) atoms. The number of fused-ring (bicyclic) bond motifs is 9. The fourth-order valence-electron chi connectivity index (χ4n) is 7.96. The Labute approximate surface area is 240 Å². The molecular formula is C32H38O9. The van der Waals surface area contributed by atoms with E-state index in [4.69, 9.17) is 37.9 Å². The van der Waals surface area contributed by atoms with Gasteiger partial charge in [0.1, 0.15) is 11.5 Å². The quantitative estimate of drug-likeness (QED) is 0.411. The molecule has 0 aromatic heterocycles. The summed E-state index contributed by atoms with van der Waals surface area (Å²) in [5, 5.41) is 0. The van der Waals surface area contributed by atoms with Crippen LogP contribution in [0.3, 0.4) is 0 Å². The van der Waals surface area contributed by atoms with Crippen molar-refractivity contribution in [3.63, 3.8) is 0 Å². The van der Waals surface area contributed by atoms with Crippen molar-refractivity contribution >= 4 is 5.97 Å². The van der Waals surface area contributed by atoms with Gasteiger partial charge in [-0.15, -0.1) is 0 Å². The van der Waals surface area contributed by atoms with Gasteiger partial charge in [-0.3, -0.25) is 4.79 Å². The molecule has 2 aromatic carbocycles. The van der Waals surface area contributed by atoms with Gasteiger partial charge in [-0.2, -0.15) is 0 Å². The van der Waals surface area contributed by atoms with Gasteiger partial charge in [0, 0.05) is 0 Å². The minimum Gasteiger partial charge on any atom is -0.493 e. The number of esters is 1. The summed E-state index contributed by atoms with van der Waals surface area (Å²) in [7, 11) is 4.71. The third-order valence-corrected chi connectivity index (χ3v) is 9.90. The second-order valence-electron chi connectivity index (χ2n) is 12.3. The molecule has 1 saturated carbocycles. The molecule has 5 aliphatic rings. The summed E-state index contributed by atoms with van der Waals surface area (Å²) in [6, 6.07) is 7.65. The first-order valence-electron chi connectivity index (χ1n) is 14.6. The molecule has 9 heteroatoms. The first-order valence-corrected chi connectivity index (χ1v) is 14.6. The number of carbonyl (C=O) groups is 1. The van der Waals surface area contributed by atoms with E-state index in [1.54, 1.807) is 21.3 Å². The van der Waals surface area contributed by atoms with Crippen LogP contribution < -0.4 is 23.7 Å². The van der Waals surface area contributed by atoms with Crippen molar-refractivity contribution in [2.24, 2.45) is 29.6 Å². The smallest absolute Gasteiger partial charge is 0.315 e. The van der Waals surface area contributed by atoms with E-state index in [0.717, 1.165) is 24.0 Å². The number of methoxy groups -OCH3 is 3. The van der Waals surface area contributed by atoms with E-state index in [1.165, 1.54) is 6.42 Å². The van der Waals surface area contributed by atoms with Crippen LogP contribution >= 0.6 is 0 Å². The van der Waals surface area contributed by atoms with Crippen molar-refractivity contribution in [1.82, 2.24) is 0 Å². The largest absolute Gasteiger partial charge is 0.493 e. The number of ether oxygens (including phenoxy) is 8. The van der Waals surface area contributed by atoms with Crippen molar-refractivity contribution < 1.29 is 42.7 Å². The lowest BCUT2D eigenvalue weighted by Gasteiger charge is -2.39. The molecule has 220 valence electrons. The van der Waals surface area contributed by atoms with E-state index in [1.807, 2.05) is 24.3 Å². The third kappa shape index (κ3) is 3.77. The zero-order valence-electron chi connectivity index (χ0n) is 24.4. The molecule has 0 radical (unpaired) electrons. The van der Waals surface area contributed by atoms with Crippen LogP contribution in [0.25, 0.3) is 0 Å². The number of cyclic esters (lactones) is 1. The predicted octanol–water partition coefficient (Wildman–Crippen LogP) is 5.36. The Balaban J connectivity index is 1.36. The predicted molar refractivity (Wildman–Crippen MR) is 146 cm³/mol. The van der Waals surface area contributed by atoms with Crippen molar-refractivity contribution in [3.8, 4) is 28.7 Å². The molecule has 8 atom stereocenters. The molecule has 4 heterocycles. The monoisotopic (exact) mass is 566 g/mol. The zero-order valence-corrected chi connectivity index (χ0v) is 24.4. The maximum Gasteiger partial charge on any atom is 0.315 e. The lowest BCUT2D eigenvalue weighted by atomic mass is 9.66. The van der Waals surface area contributed by atoms with Gasteiger partial charge >= 0.3 is 5.97 Å². The van der Waals surface area contributed by atoms with Crippen LogP contribution in [0.15, 0.2) is 24.3 Å². The Morgan fingerprint density at radius 1 is 0.951 bits per heavy atom. The maximum absolute atomic E-state index is 13.9. The summed E-state index contributed by atoms with van der Waals surface area (Å²) < 4.78 is 48.4. The van der Waals surface area contributed by atoms with Crippen molar-refractivity contribution in [2.45, 2.75) is 64.1 Å². The number of rotatable bonds is 7. The zero-order chi connectivity index (χ0) is 28.6. The van der Waals surface area contributed by atoms with Crippen LogP contribution in [0.4, 0.5) is 0 Å². The van der Waals surface area contributed by atoms with Crippen molar-refractivity contribution in [2.75, 3.05) is 28.1 Å². The molecule has 2 saturated heterocycles. The van der Waals surface area contributed by atoms with Gasteiger partial charge in [0.05, 0.1) is 39.5 Å². The number of hydrogen-bond donors (Lipinski definition) is 0. The average molecular weight is 567 g/mol. The molecule has 0 unspecified atom stereocenters. The molecular weight excluding hydrogens is 528 g/mol. The molecule has 0 spiro atoms. The summed E-state index contributed by atoms with van der Waals surface area (Å²) in [6.45, 7) is 6.92. The van der Waals surface area contributed by atoms with Crippen LogP contribution in [0.1, 0.15) is 62.8 Å². The second kappa shape index (κ2) is 9.70. The Morgan fingerprint density at radius 2 is 1.66 bits per heavy atom. The summed E-state index contributed by atoms with van der Waals surface area (Å²) in [4.78, 5) is 13.9. The summed E-state index contributed by atoms with van der Waals surface area (Å²) >= 11 is 0. The molecule has 2 aromatic rings. The van der Waals surface area contributed by atoms with Gasteiger partial charge in [-0.25, -0.2) is 0 Å². The molecule has 0 amide bonds. The van der Waals surface area contributed by atoms with Crippen molar-refractivity contribution in [3.05, 3.63) is 41.0 Å². The number of carbonyl (C=O) groups excluding carboxylic acids is 1. The van der Waals surface area contributed by atoms with E-state index < -0.39 is 23.9 Å². The normalized spacial score (nSPS) is 34.4. The third-order valence-electron chi connectivity index (χ3n) is 9.90. The highest BCUT2D eigenvalue weighted by Gasteiger charge is 2.72. The summed E-state index contributed by atoms with van der Waals surface area (Å²) in [6.07, 6.45) is 2.13. The highest BCUT2D eigenvalue weighted by Crippen LogP contribution is 2.69. The average Bonchev–Trinajstić information content (AvgIpc) is 3.72. The highest BCUT2D eigenvalue weighted by molar-refractivity contribution is 5.81. The Kier molecular flexibility index (Phi) is 6.32. The van der Waals surface area contributed by atoms with Gasteiger partial charge in [-0.05, 0) is 71.6 Å². The first kappa shape index (κ1) is 26.7. The van der Waals surface area contributed by atoms with Gasteiger partial charge in [-0.1, -0.05) is 27.2 Å². The van der Waals surface area contributed by atoms with E-state index >= 15 is 0 Å². The van der Waals surface area contributed by atoms with E-state index in [2.05, 4.69) is 20.8 Å². The highest BCUT2D eigenvalue weighted by atomic mass is 16.7. The molecule has 9 nitrogen and oxygen atoms in total. The fourth-order valence-corrected chi connectivity index (χ4v) is 7.96. The first-order chi connectivity index (χ1) is 19.8. The van der Waals surface area contributed by atoms with Crippen LogP contribution in [0.5, 0.6) is 28.7 Å². The molecule has 4 aliphatic heterocycles. The minimum absolute atomic E-state index is 0.0165. The Morgan fingerprint density at radius 3 is 2.32 bits per heavy atom. The topological polar surface area (TPSA) is 90.9 Å². The molecule has 0 N–H and O–H groups in total. The standard InChI is InChI=1S/C32H38O9/c1-15(2)18-8-7-16(3)9-21(18)39-31-26-27(30(33)40-31)32(17-10-24(34-4)29(36-6)25(11-17)35-5)20-13-23-22(37-14-38-23)12-19(20)28(26)41-32/h10-13,15-16,18,21,26-28,31H,7-9,14H2,1-6H3/t16-,18+,21-,26+,27+,28-,31-,32+/m1/s1. The maximum atomic E-state index is 13.9. The minimum atomic E-state index is -1.16. The van der Waals surface area contributed by atoms with Gasteiger partial charge in [0.25, 0.3) is 0 Å². The Bertz CT molecular complexity index is 1350. The van der Waals surface area contributed by atoms with E-state index in [0.29, 0.717) is 52.1 Å². The lowest BCUT2D eigenvalue weighted by molar-refractivity contribution is -0.205. The number of benzene rings is 2. The van der Waals surface area contributed by atoms with E-state index in [-0.39, 0.29) is 24.8 Å². The second-order valence-corrected chi connectivity index (χ2v) is 12.3. The Hall–Kier alpha value is -3.17. The van der Waals surface area contributed by atoms with Gasteiger partial charge in [0.15, 0.2) is 23.0 Å². The summed E-state index contributed by atoms with van der Waals surface area (Å²) in [5.41, 5.74) is 1.36. The van der Waals surface area contributed by atoms with Gasteiger partial charge in [0.2, 0.25) is 18.8 Å². The van der Waals surface area contributed by atoms with Crippen LogP contribution in [0.2, 0.25) is 0 Å². The molecule has 7 rings (SSSR count). The molecule has 1 aliphatic carbocycles. The van der Waals surface area contributed by atoms with Crippen LogP contribution in [0, 0.1) is 29.6 Å². The van der Waals surface area contributed by atoms with Crippen LogP contribution in [-0.4, -0.2) is 46.5 Å². The summed E-state index contributed by atoms with van der Waals surface area (Å²) in [5.74, 6) is 2.86. The number of hydrogen-bond acceptors (Lipinski definition) is 9.